The first-order chi connectivity index (χ1) is 14.1. The maximum absolute atomic E-state index is 12.5. The molecule has 1 amide bonds. The third-order valence-electron chi connectivity index (χ3n) is 4.14. The summed E-state index contributed by atoms with van der Waals surface area (Å²) in [6, 6.07) is 8.05. The van der Waals surface area contributed by atoms with Crippen LogP contribution in [0.2, 0.25) is 5.02 Å². The zero-order valence-electron chi connectivity index (χ0n) is 16.0. The number of hydrogen-bond acceptors (Lipinski definition) is 7. The summed E-state index contributed by atoms with van der Waals surface area (Å²) >= 11 is 5.74. The summed E-state index contributed by atoms with van der Waals surface area (Å²) in [5.74, 6) is -1.73. The Labute approximate surface area is 176 Å². The molecule has 0 bridgehead atoms. The minimum atomic E-state index is -1.01. The van der Waals surface area contributed by atoms with Crippen LogP contribution < -0.4 is 5.32 Å². The Hall–Kier alpha value is -3.53. The molecule has 0 heterocycles. The van der Waals surface area contributed by atoms with Gasteiger partial charge in [-0.05, 0) is 35.7 Å². The van der Waals surface area contributed by atoms with Crippen LogP contribution in [0.3, 0.4) is 0 Å². The van der Waals surface area contributed by atoms with Crippen LogP contribution in [0.4, 0.5) is 11.4 Å². The van der Waals surface area contributed by atoms with E-state index in [4.69, 9.17) is 16.3 Å². The molecule has 1 atom stereocenters. The fourth-order valence-electron chi connectivity index (χ4n) is 2.47. The lowest BCUT2D eigenvalue weighted by Gasteiger charge is -2.21. The van der Waals surface area contributed by atoms with Gasteiger partial charge in [-0.15, -0.1) is 0 Å². The normalized spacial score (nSPS) is 11.6. The average Bonchev–Trinajstić information content (AvgIpc) is 2.70. The number of nitro groups is 2. The molecule has 10 nitrogen and oxygen atoms in total. The number of benzene rings is 2. The van der Waals surface area contributed by atoms with Crippen molar-refractivity contribution in [3.8, 4) is 0 Å². The standard InChI is InChI=1S/C19H18ClN3O7/c1-11(2)17(19(25)30-10-12-3-6-14(7-4-12)22(26)27)21-18(24)13-5-8-15(20)16(9-13)23(28)29/h3-9,11,17H,10H2,1-2H3,(H,21,24). The lowest BCUT2D eigenvalue weighted by atomic mass is 10.0. The van der Waals surface area contributed by atoms with E-state index in [0.717, 1.165) is 6.07 Å². The van der Waals surface area contributed by atoms with Crippen LogP contribution in [0.1, 0.15) is 29.8 Å². The first kappa shape index (κ1) is 22.8. The molecule has 0 fully saturated rings. The topological polar surface area (TPSA) is 142 Å². The Morgan fingerprint density at radius 2 is 1.70 bits per heavy atom. The second-order valence-electron chi connectivity index (χ2n) is 6.65. The third-order valence-corrected chi connectivity index (χ3v) is 4.46. The number of nitrogens with one attached hydrogen (secondary N) is 1. The van der Waals surface area contributed by atoms with Gasteiger partial charge in [0.1, 0.15) is 17.7 Å². The minimum absolute atomic E-state index is 0.0279. The van der Waals surface area contributed by atoms with Crippen molar-refractivity contribution in [2.24, 2.45) is 5.92 Å². The molecule has 0 aromatic heterocycles. The summed E-state index contributed by atoms with van der Waals surface area (Å²) in [4.78, 5) is 45.3. The maximum atomic E-state index is 12.5. The molecule has 30 heavy (non-hydrogen) atoms. The van der Waals surface area contributed by atoms with Gasteiger partial charge in [-0.3, -0.25) is 25.0 Å². The monoisotopic (exact) mass is 435 g/mol. The molecule has 2 aromatic rings. The summed E-state index contributed by atoms with van der Waals surface area (Å²) in [7, 11) is 0. The number of ether oxygens (including phenoxy) is 1. The van der Waals surface area contributed by atoms with Crippen molar-refractivity contribution in [1.82, 2.24) is 5.32 Å². The van der Waals surface area contributed by atoms with Crippen molar-refractivity contribution in [3.05, 3.63) is 78.8 Å². The van der Waals surface area contributed by atoms with Crippen LogP contribution in [-0.2, 0) is 16.1 Å². The van der Waals surface area contributed by atoms with Crippen LogP contribution in [-0.4, -0.2) is 27.8 Å². The number of carbonyl (C=O) groups excluding carboxylic acids is 2. The van der Waals surface area contributed by atoms with Gasteiger partial charge in [0.05, 0.1) is 9.85 Å². The molecule has 0 radical (unpaired) electrons. The number of carbonyl (C=O) groups is 2. The zero-order chi connectivity index (χ0) is 22.4. The number of hydrogen-bond donors (Lipinski definition) is 1. The van der Waals surface area contributed by atoms with Crippen molar-refractivity contribution in [3.63, 3.8) is 0 Å². The minimum Gasteiger partial charge on any atom is -0.459 e. The van der Waals surface area contributed by atoms with Gasteiger partial charge < -0.3 is 10.1 Å². The highest BCUT2D eigenvalue weighted by atomic mass is 35.5. The Morgan fingerprint density at radius 1 is 1.07 bits per heavy atom. The second kappa shape index (κ2) is 9.79. The van der Waals surface area contributed by atoms with E-state index in [0.29, 0.717) is 5.56 Å². The summed E-state index contributed by atoms with van der Waals surface area (Å²) in [6.07, 6.45) is 0. The fraction of sp³-hybridized carbons (Fsp3) is 0.263. The molecule has 0 aliphatic rings. The van der Waals surface area contributed by atoms with Crippen LogP contribution in [0, 0.1) is 26.1 Å². The number of nitro benzene ring substituents is 2. The molecule has 158 valence electrons. The summed E-state index contributed by atoms with van der Waals surface area (Å²) in [5.41, 5.74) is -0.00311. The first-order valence-electron chi connectivity index (χ1n) is 8.75. The van der Waals surface area contributed by atoms with Crippen molar-refractivity contribution < 1.29 is 24.2 Å². The number of esters is 1. The maximum Gasteiger partial charge on any atom is 0.329 e. The molecule has 0 aliphatic carbocycles. The van der Waals surface area contributed by atoms with E-state index in [9.17, 15) is 29.8 Å². The Bertz CT molecular complexity index is 977. The van der Waals surface area contributed by atoms with Crippen molar-refractivity contribution in [2.45, 2.75) is 26.5 Å². The molecule has 0 aliphatic heterocycles. The van der Waals surface area contributed by atoms with E-state index in [1.165, 1.54) is 36.4 Å². The van der Waals surface area contributed by atoms with Crippen LogP contribution in [0.15, 0.2) is 42.5 Å². The van der Waals surface area contributed by atoms with E-state index in [1.807, 2.05) is 0 Å². The highest BCUT2D eigenvalue weighted by Crippen LogP contribution is 2.25. The quantitative estimate of drug-likeness (QED) is 0.378. The summed E-state index contributed by atoms with van der Waals surface area (Å²) in [5, 5.41) is 24.1. The fourth-order valence-corrected chi connectivity index (χ4v) is 2.66. The van der Waals surface area contributed by atoms with E-state index in [-0.39, 0.29) is 28.8 Å². The van der Waals surface area contributed by atoms with Gasteiger partial charge in [0.25, 0.3) is 17.3 Å². The lowest BCUT2D eigenvalue weighted by molar-refractivity contribution is -0.385. The first-order valence-corrected chi connectivity index (χ1v) is 9.12. The molecular weight excluding hydrogens is 418 g/mol. The zero-order valence-corrected chi connectivity index (χ0v) is 16.8. The van der Waals surface area contributed by atoms with Crippen molar-refractivity contribution in [1.29, 1.82) is 0 Å². The smallest absolute Gasteiger partial charge is 0.329 e. The predicted molar refractivity (Wildman–Crippen MR) is 107 cm³/mol. The van der Waals surface area contributed by atoms with Crippen LogP contribution in [0.25, 0.3) is 0 Å². The number of nitrogens with zero attached hydrogens (tertiary/aromatic N) is 2. The van der Waals surface area contributed by atoms with Crippen LogP contribution >= 0.6 is 11.6 Å². The van der Waals surface area contributed by atoms with Crippen molar-refractivity contribution >= 4 is 34.9 Å². The SMILES string of the molecule is CC(C)C(NC(=O)c1ccc(Cl)c([N+](=O)[O-])c1)C(=O)OCc1ccc([N+](=O)[O-])cc1. The largest absolute Gasteiger partial charge is 0.459 e. The van der Waals surface area contributed by atoms with Gasteiger partial charge in [-0.1, -0.05) is 25.4 Å². The number of amides is 1. The molecule has 11 heteroatoms. The summed E-state index contributed by atoms with van der Waals surface area (Å²) in [6.45, 7) is 3.26. The lowest BCUT2D eigenvalue weighted by Crippen LogP contribution is -2.45. The van der Waals surface area contributed by atoms with Gasteiger partial charge in [0.15, 0.2) is 0 Å². The molecule has 0 saturated carbocycles. The van der Waals surface area contributed by atoms with Gasteiger partial charge >= 0.3 is 5.97 Å². The molecule has 1 N–H and O–H groups in total. The number of non-ortho nitro benzene ring substituents is 1. The predicted octanol–water partition coefficient (Wildman–Crippen LogP) is 3.65. The molecule has 1 unspecified atom stereocenters. The van der Waals surface area contributed by atoms with Crippen molar-refractivity contribution in [2.75, 3.05) is 0 Å². The van der Waals surface area contributed by atoms with Gasteiger partial charge in [-0.2, -0.15) is 0 Å². The van der Waals surface area contributed by atoms with E-state index >= 15 is 0 Å². The number of rotatable bonds is 8. The molecular formula is C19H18ClN3O7. The Balaban J connectivity index is 2.06. The van der Waals surface area contributed by atoms with Gasteiger partial charge in [-0.25, -0.2) is 4.79 Å². The highest BCUT2D eigenvalue weighted by molar-refractivity contribution is 6.32. The molecule has 2 rings (SSSR count). The van der Waals surface area contributed by atoms with Gasteiger partial charge in [0.2, 0.25) is 0 Å². The third kappa shape index (κ3) is 5.74. The van der Waals surface area contributed by atoms with E-state index < -0.39 is 33.5 Å². The summed E-state index contributed by atoms with van der Waals surface area (Å²) < 4.78 is 5.22. The molecule has 0 saturated heterocycles. The van der Waals surface area contributed by atoms with E-state index in [2.05, 4.69) is 5.32 Å². The van der Waals surface area contributed by atoms with Crippen LogP contribution in [0.5, 0.6) is 0 Å². The molecule has 2 aromatic carbocycles. The van der Waals surface area contributed by atoms with Gasteiger partial charge in [0, 0.05) is 23.8 Å². The average molecular weight is 436 g/mol. The second-order valence-corrected chi connectivity index (χ2v) is 7.06. The highest BCUT2D eigenvalue weighted by Gasteiger charge is 2.27. The van der Waals surface area contributed by atoms with E-state index in [1.54, 1.807) is 13.8 Å². The Kier molecular flexibility index (Phi) is 7.43. The molecule has 0 spiro atoms. The Morgan fingerprint density at radius 3 is 2.23 bits per heavy atom. The number of halogens is 1.